The Hall–Kier alpha value is -2.04. The lowest BCUT2D eigenvalue weighted by atomic mass is 10.1. The number of amides is 1. The molecule has 0 heterocycles. The minimum Gasteiger partial charge on any atom is -0.545 e. The predicted octanol–water partition coefficient (Wildman–Crippen LogP) is -0.409. The third-order valence-electron chi connectivity index (χ3n) is 1.59. The van der Waals surface area contributed by atoms with Crippen molar-refractivity contribution in [1.29, 1.82) is 0 Å². The molecule has 0 radical (unpaired) electrons. The molecule has 0 fully saturated rings. The number of anilines is 2. The molecule has 14 heavy (non-hydrogen) atoms. The summed E-state index contributed by atoms with van der Waals surface area (Å²) in [4.78, 5) is 21.1. The first-order chi connectivity index (χ1) is 6.50. The summed E-state index contributed by atoms with van der Waals surface area (Å²) in [7, 11) is 0. The minimum absolute atomic E-state index is 0.0660. The van der Waals surface area contributed by atoms with Gasteiger partial charge in [0.2, 0.25) is 5.91 Å². The molecule has 3 N–H and O–H groups in total. The van der Waals surface area contributed by atoms with Crippen molar-refractivity contribution >= 4 is 23.3 Å². The molecule has 0 bridgehead atoms. The summed E-state index contributed by atoms with van der Waals surface area (Å²) < 4.78 is 0. The molecule has 0 aromatic heterocycles. The summed E-state index contributed by atoms with van der Waals surface area (Å²) in [6.07, 6.45) is 0. The van der Waals surface area contributed by atoms with Crippen molar-refractivity contribution in [3.63, 3.8) is 0 Å². The lowest BCUT2D eigenvalue weighted by Gasteiger charge is -2.08. The summed E-state index contributed by atoms with van der Waals surface area (Å²) in [5, 5.41) is 13.0. The Bertz CT molecular complexity index is 388. The van der Waals surface area contributed by atoms with E-state index in [1.165, 1.54) is 25.1 Å². The number of nitrogens with one attached hydrogen (secondary N) is 1. The molecule has 1 amide bonds. The maximum atomic E-state index is 10.7. The molecule has 5 heteroatoms. The van der Waals surface area contributed by atoms with E-state index in [2.05, 4.69) is 5.32 Å². The van der Waals surface area contributed by atoms with Crippen LogP contribution >= 0.6 is 0 Å². The van der Waals surface area contributed by atoms with Crippen LogP contribution in [0.5, 0.6) is 0 Å². The van der Waals surface area contributed by atoms with Crippen LogP contribution in [0.1, 0.15) is 17.3 Å². The molecule has 1 rings (SSSR count). The van der Waals surface area contributed by atoms with Crippen LogP contribution in [0.25, 0.3) is 0 Å². The molecule has 0 aliphatic rings. The lowest BCUT2D eigenvalue weighted by molar-refractivity contribution is -0.254. The third-order valence-corrected chi connectivity index (χ3v) is 1.59. The van der Waals surface area contributed by atoms with Crippen LogP contribution in [-0.2, 0) is 4.79 Å². The lowest BCUT2D eigenvalue weighted by Crippen LogP contribution is -2.23. The maximum Gasteiger partial charge on any atom is 0.221 e. The van der Waals surface area contributed by atoms with E-state index in [0.717, 1.165) is 0 Å². The second-order valence-electron chi connectivity index (χ2n) is 2.77. The van der Waals surface area contributed by atoms with Crippen LogP contribution in [0.4, 0.5) is 11.4 Å². The molecule has 0 spiro atoms. The fraction of sp³-hybridized carbons (Fsp3) is 0.111. The number of hydrogen-bond donors (Lipinski definition) is 2. The number of carbonyl (C=O) groups is 2. The van der Waals surface area contributed by atoms with Crippen molar-refractivity contribution in [2.24, 2.45) is 0 Å². The average Bonchev–Trinajstić information content (AvgIpc) is 2.01. The van der Waals surface area contributed by atoms with E-state index in [-0.39, 0.29) is 17.2 Å². The molecule has 0 saturated heterocycles. The number of hydrogen-bond acceptors (Lipinski definition) is 4. The molecule has 0 saturated carbocycles. The van der Waals surface area contributed by atoms with Crippen molar-refractivity contribution in [3.05, 3.63) is 23.8 Å². The van der Waals surface area contributed by atoms with Gasteiger partial charge in [0.1, 0.15) is 0 Å². The highest BCUT2D eigenvalue weighted by atomic mass is 16.4. The average molecular weight is 193 g/mol. The summed E-state index contributed by atoms with van der Waals surface area (Å²) in [5.74, 6) is -1.58. The Labute approximate surface area is 80.5 Å². The van der Waals surface area contributed by atoms with Gasteiger partial charge in [0.15, 0.2) is 0 Å². The zero-order valence-corrected chi connectivity index (χ0v) is 7.53. The fourth-order valence-electron chi connectivity index (χ4n) is 1.03. The predicted molar refractivity (Wildman–Crippen MR) is 49.5 cm³/mol. The number of rotatable bonds is 2. The maximum absolute atomic E-state index is 10.7. The number of carbonyl (C=O) groups excluding carboxylic acids is 2. The largest absolute Gasteiger partial charge is 0.545 e. The van der Waals surface area contributed by atoms with Crippen LogP contribution in [0.3, 0.4) is 0 Å². The number of carboxylic acid groups (broad SMARTS) is 1. The van der Waals surface area contributed by atoms with Gasteiger partial charge in [-0.1, -0.05) is 0 Å². The van der Waals surface area contributed by atoms with Gasteiger partial charge >= 0.3 is 0 Å². The summed E-state index contributed by atoms with van der Waals surface area (Å²) in [6, 6.07) is 4.10. The van der Waals surface area contributed by atoms with Gasteiger partial charge in [-0.25, -0.2) is 0 Å². The number of nitrogens with two attached hydrogens (primary N) is 1. The number of nitrogen functional groups attached to an aromatic ring is 1. The third kappa shape index (κ3) is 2.22. The summed E-state index contributed by atoms with van der Waals surface area (Å²) in [6.45, 7) is 1.35. The fourth-order valence-corrected chi connectivity index (χ4v) is 1.03. The van der Waals surface area contributed by atoms with Crippen LogP contribution < -0.4 is 16.2 Å². The molecular weight excluding hydrogens is 184 g/mol. The van der Waals surface area contributed by atoms with Crippen molar-refractivity contribution in [2.45, 2.75) is 6.92 Å². The molecular formula is C9H9N2O3-. The number of carboxylic acids is 1. The van der Waals surface area contributed by atoms with E-state index < -0.39 is 5.97 Å². The quantitative estimate of drug-likeness (QED) is 0.624. The van der Waals surface area contributed by atoms with Gasteiger partial charge in [0.25, 0.3) is 0 Å². The Kier molecular flexibility index (Phi) is 2.71. The topological polar surface area (TPSA) is 95.2 Å². The highest BCUT2D eigenvalue weighted by Gasteiger charge is 2.02. The van der Waals surface area contributed by atoms with Crippen LogP contribution in [0.15, 0.2) is 18.2 Å². The van der Waals surface area contributed by atoms with Crippen molar-refractivity contribution in [2.75, 3.05) is 11.1 Å². The van der Waals surface area contributed by atoms with E-state index in [4.69, 9.17) is 5.73 Å². The second-order valence-corrected chi connectivity index (χ2v) is 2.77. The van der Waals surface area contributed by atoms with E-state index in [1.807, 2.05) is 0 Å². The number of aromatic carboxylic acids is 1. The minimum atomic E-state index is -1.34. The van der Waals surface area contributed by atoms with Crippen molar-refractivity contribution in [3.8, 4) is 0 Å². The summed E-state index contributed by atoms with van der Waals surface area (Å²) >= 11 is 0. The van der Waals surface area contributed by atoms with Gasteiger partial charge in [-0.2, -0.15) is 0 Å². The van der Waals surface area contributed by atoms with Gasteiger partial charge in [-0.3, -0.25) is 4.79 Å². The van der Waals surface area contributed by atoms with Crippen LogP contribution in [0.2, 0.25) is 0 Å². The Balaban J connectivity index is 3.00. The first-order valence-electron chi connectivity index (χ1n) is 3.89. The smallest absolute Gasteiger partial charge is 0.221 e. The molecule has 0 aliphatic heterocycles. The van der Waals surface area contributed by atoms with Gasteiger partial charge in [0, 0.05) is 23.9 Å². The zero-order valence-electron chi connectivity index (χ0n) is 7.53. The molecule has 1 aromatic carbocycles. The number of benzene rings is 1. The highest BCUT2D eigenvalue weighted by Crippen LogP contribution is 2.17. The molecule has 1 aromatic rings. The molecule has 5 nitrogen and oxygen atoms in total. The van der Waals surface area contributed by atoms with Gasteiger partial charge in [-0.15, -0.1) is 0 Å². The second kappa shape index (κ2) is 3.78. The normalized spacial score (nSPS) is 9.50. The SMILES string of the molecule is CC(=O)Nc1ccc(C(=O)[O-])c(N)c1. The Morgan fingerprint density at radius 2 is 2.07 bits per heavy atom. The first kappa shape index (κ1) is 10.0. The van der Waals surface area contributed by atoms with Crippen LogP contribution in [0, 0.1) is 0 Å². The van der Waals surface area contributed by atoms with Crippen molar-refractivity contribution < 1.29 is 14.7 Å². The molecule has 0 unspecified atom stereocenters. The van der Waals surface area contributed by atoms with E-state index >= 15 is 0 Å². The molecule has 74 valence electrons. The molecule has 0 aliphatic carbocycles. The zero-order chi connectivity index (χ0) is 10.7. The van der Waals surface area contributed by atoms with E-state index in [9.17, 15) is 14.7 Å². The summed E-state index contributed by atoms with van der Waals surface area (Å²) in [5.41, 5.74) is 5.87. The first-order valence-corrected chi connectivity index (χ1v) is 3.89. The van der Waals surface area contributed by atoms with Gasteiger partial charge in [0.05, 0.1) is 5.97 Å². The van der Waals surface area contributed by atoms with E-state index in [1.54, 1.807) is 0 Å². The molecule has 0 atom stereocenters. The van der Waals surface area contributed by atoms with E-state index in [0.29, 0.717) is 5.69 Å². The van der Waals surface area contributed by atoms with Gasteiger partial charge < -0.3 is 21.0 Å². The highest BCUT2D eigenvalue weighted by molar-refractivity contribution is 5.95. The standard InChI is InChI=1S/C9H10N2O3/c1-5(12)11-6-2-3-7(9(13)14)8(10)4-6/h2-4H,10H2,1H3,(H,11,12)(H,13,14)/p-1. The van der Waals surface area contributed by atoms with Crippen LogP contribution in [-0.4, -0.2) is 11.9 Å². The Morgan fingerprint density at radius 1 is 1.43 bits per heavy atom. The Morgan fingerprint density at radius 3 is 2.50 bits per heavy atom. The van der Waals surface area contributed by atoms with Crippen molar-refractivity contribution in [1.82, 2.24) is 0 Å². The van der Waals surface area contributed by atoms with Gasteiger partial charge in [-0.05, 0) is 18.2 Å². The monoisotopic (exact) mass is 193 g/mol.